The van der Waals surface area contributed by atoms with E-state index in [1.54, 1.807) is 21.9 Å². The van der Waals surface area contributed by atoms with Crippen LogP contribution in [-0.2, 0) is 32.6 Å². The third-order valence-electron chi connectivity index (χ3n) is 10.7. The molecule has 14 nitrogen and oxygen atoms in total. The van der Waals surface area contributed by atoms with E-state index in [1.165, 1.54) is 28.8 Å². The van der Waals surface area contributed by atoms with E-state index in [-0.39, 0.29) is 41.7 Å². The molecule has 4 aliphatic heterocycles. The van der Waals surface area contributed by atoms with Gasteiger partial charge in [0.1, 0.15) is 13.6 Å². The minimum atomic E-state index is -3.45. The molecular weight excluding hydrogens is 673 g/mol. The maximum atomic E-state index is 14.0. The van der Waals surface area contributed by atoms with E-state index >= 15 is 0 Å². The molecule has 6 rings (SSSR count). The topological polar surface area (TPSA) is 146 Å². The molecule has 4 amide bonds. The molecular formula is C35H48BN7O7S. The number of nitrogens with zero attached hydrogens (tertiary/aromatic N) is 6. The molecule has 1 atom stereocenters. The maximum absolute atomic E-state index is 14.0. The average molecular weight is 722 g/mol. The average Bonchev–Trinajstić information content (AvgIpc) is 3.30. The van der Waals surface area contributed by atoms with Crippen molar-refractivity contribution >= 4 is 47.2 Å². The van der Waals surface area contributed by atoms with Crippen LogP contribution in [0.2, 0.25) is 0 Å². The molecule has 0 unspecified atom stereocenters. The first-order chi connectivity index (χ1) is 24.4. The minimum Gasteiger partial charge on any atom is -0.509 e. The lowest BCUT2D eigenvalue weighted by molar-refractivity contribution is -0.142. The quantitative estimate of drug-likeness (QED) is 0.387. The number of anilines is 1. The van der Waals surface area contributed by atoms with E-state index in [0.29, 0.717) is 77.3 Å². The van der Waals surface area contributed by atoms with E-state index in [1.807, 2.05) is 29.2 Å². The van der Waals surface area contributed by atoms with Gasteiger partial charge in [0.2, 0.25) is 0 Å². The predicted octanol–water partition coefficient (Wildman–Crippen LogP) is 1.20. The number of likely N-dealkylation sites (tertiary alicyclic amines) is 2. The van der Waals surface area contributed by atoms with Gasteiger partial charge in [0.25, 0.3) is 16.1 Å². The van der Waals surface area contributed by atoms with Gasteiger partial charge in [0.05, 0.1) is 0 Å². The molecule has 2 aromatic carbocycles. The monoisotopic (exact) mass is 721 g/mol. The Bertz CT molecular complexity index is 1690. The lowest BCUT2D eigenvalue weighted by Gasteiger charge is -2.43. The molecule has 2 radical (unpaired) electrons. The summed E-state index contributed by atoms with van der Waals surface area (Å²) in [6, 6.07) is 12.6. The molecule has 3 saturated heterocycles. The zero-order valence-corrected chi connectivity index (χ0v) is 30.3. The first kappa shape index (κ1) is 36.9. The van der Waals surface area contributed by atoms with E-state index in [2.05, 4.69) is 10.2 Å². The highest BCUT2D eigenvalue weighted by Crippen LogP contribution is 2.26. The van der Waals surface area contributed by atoms with Crippen LogP contribution in [0.5, 0.6) is 5.75 Å². The van der Waals surface area contributed by atoms with Crippen LogP contribution in [0.4, 0.5) is 15.3 Å². The number of benzene rings is 2. The molecule has 0 spiro atoms. The summed E-state index contributed by atoms with van der Waals surface area (Å²) >= 11 is 0. The molecule has 16 heteroatoms. The van der Waals surface area contributed by atoms with Gasteiger partial charge >= 0.3 is 12.1 Å². The predicted molar refractivity (Wildman–Crippen MR) is 193 cm³/mol. The number of aromatic hydroxyl groups is 1. The second-order valence-electron chi connectivity index (χ2n) is 14.0. The summed E-state index contributed by atoms with van der Waals surface area (Å²) in [7, 11) is 5.57. The number of nitrogens with one attached hydrogen (secondary N) is 1. The molecule has 0 aromatic heterocycles. The Kier molecular flexibility index (Phi) is 11.4. The summed E-state index contributed by atoms with van der Waals surface area (Å²) in [6.45, 7) is 4.44. The van der Waals surface area contributed by atoms with E-state index in [0.717, 1.165) is 30.5 Å². The third kappa shape index (κ3) is 8.45. The van der Waals surface area contributed by atoms with Crippen LogP contribution >= 0.6 is 0 Å². The van der Waals surface area contributed by atoms with Crippen LogP contribution in [-0.4, -0.2) is 159 Å². The van der Waals surface area contributed by atoms with Gasteiger partial charge in [0.15, 0.2) is 6.10 Å². The fourth-order valence-electron chi connectivity index (χ4n) is 7.60. The molecule has 4 heterocycles. The molecule has 51 heavy (non-hydrogen) atoms. The van der Waals surface area contributed by atoms with E-state index in [4.69, 9.17) is 12.6 Å². The number of hydrogen-bond acceptors (Lipinski definition) is 8. The van der Waals surface area contributed by atoms with Crippen LogP contribution in [0, 0.1) is 0 Å². The van der Waals surface area contributed by atoms with Crippen molar-refractivity contribution in [2.75, 3.05) is 78.3 Å². The highest BCUT2D eigenvalue weighted by Gasteiger charge is 2.37. The molecule has 274 valence electrons. The summed E-state index contributed by atoms with van der Waals surface area (Å²) in [5, 5.41) is 13.0. The summed E-state index contributed by atoms with van der Waals surface area (Å²) in [6.07, 6.45) is 1.81. The number of urea groups is 1. The van der Waals surface area contributed by atoms with Gasteiger partial charge in [-0.25, -0.2) is 9.59 Å². The van der Waals surface area contributed by atoms with Gasteiger partial charge in [-0.3, -0.25) is 9.69 Å². The van der Waals surface area contributed by atoms with Gasteiger partial charge < -0.3 is 29.9 Å². The number of carbonyl (C=O) groups excluding carboxylic acids is 3. The Labute approximate surface area is 301 Å². The summed E-state index contributed by atoms with van der Waals surface area (Å²) in [4.78, 5) is 48.2. The Hall–Kier alpha value is -3.86. The van der Waals surface area contributed by atoms with Crippen molar-refractivity contribution in [1.82, 2.24) is 28.2 Å². The molecule has 0 bridgehead atoms. The van der Waals surface area contributed by atoms with Crippen molar-refractivity contribution in [1.29, 1.82) is 0 Å². The van der Waals surface area contributed by atoms with Crippen LogP contribution in [0.15, 0.2) is 42.5 Å². The number of hydrogen-bond donors (Lipinski definition) is 2. The SMILES string of the molecule is [B]c1cc(C[C@@H](OC(=O)N2CCC(N3CCc4ccccc4NC3=O)CC2)C(=O)N2CCC(N3CCN(S(=O)(=O)N(C)C)CC3)CC2)ccc1O. The normalized spacial score (nSPS) is 20.8. The highest BCUT2D eigenvalue weighted by molar-refractivity contribution is 7.86. The maximum Gasteiger partial charge on any atom is 0.410 e. The first-order valence-electron chi connectivity index (χ1n) is 17.8. The zero-order valence-electron chi connectivity index (χ0n) is 29.4. The van der Waals surface area contributed by atoms with E-state index < -0.39 is 22.4 Å². The third-order valence-corrected chi connectivity index (χ3v) is 12.6. The van der Waals surface area contributed by atoms with Gasteiger partial charge in [-0.2, -0.15) is 17.0 Å². The van der Waals surface area contributed by atoms with Gasteiger partial charge in [-0.05, 0) is 55.4 Å². The lowest BCUT2D eigenvalue weighted by Crippen LogP contribution is -2.57. The van der Waals surface area contributed by atoms with Crippen LogP contribution in [0.25, 0.3) is 0 Å². The molecule has 2 N–H and O–H groups in total. The van der Waals surface area contributed by atoms with Crippen LogP contribution in [0.3, 0.4) is 0 Å². The number of amides is 4. The molecule has 4 aliphatic rings. The Morgan fingerprint density at radius 1 is 0.922 bits per heavy atom. The number of rotatable bonds is 8. The summed E-state index contributed by atoms with van der Waals surface area (Å²) in [5.74, 6) is -0.350. The standard InChI is InChI=1S/C35H48BN7O7S/c1-38(2)51(48,49)42-21-19-39(20-22-42)27-10-14-40(15-11-27)33(45)32(24-25-7-8-31(44)29(36)23-25)50-35(47)41-16-12-28(13-17-41)43-18-9-26-5-3-4-6-30(26)37-34(43)46/h3-8,23,27-28,32,44H,9-22,24H2,1-2H3,(H,37,46)/t32-/m1/s1. The van der Waals surface area contributed by atoms with Crippen molar-refractivity contribution in [2.45, 2.75) is 56.7 Å². The van der Waals surface area contributed by atoms with Gasteiger partial charge in [0, 0.05) is 97.2 Å². The Morgan fingerprint density at radius 3 is 2.24 bits per heavy atom. The number of para-hydroxylation sites is 1. The van der Waals surface area contributed by atoms with Crippen molar-refractivity contribution in [2.24, 2.45) is 0 Å². The first-order valence-corrected chi connectivity index (χ1v) is 19.2. The number of phenols is 1. The van der Waals surface area contributed by atoms with Crippen molar-refractivity contribution < 1.29 is 32.6 Å². The molecule has 0 aliphatic carbocycles. The number of fused-ring (bicyclic) bond motifs is 1. The Balaban J connectivity index is 1.05. The minimum absolute atomic E-state index is 0.0255. The van der Waals surface area contributed by atoms with Crippen molar-refractivity contribution in [3.05, 3.63) is 53.6 Å². The molecule has 2 aromatic rings. The van der Waals surface area contributed by atoms with Gasteiger partial charge in [-0.1, -0.05) is 35.8 Å². The van der Waals surface area contributed by atoms with Crippen molar-refractivity contribution in [3.8, 4) is 5.75 Å². The van der Waals surface area contributed by atoms with Crippen molar-refractivity contribution in [3.63, 3.8) is 0 Å². The number of ether oxygens (including phenoxy) is 1. The number of piperazine rings is 1. The fourth-order valence-corrected chi connectivity index (χ4v) is 8.69. The second kappa shape index (κ2) is 15.8. The summed E-state index contributed by atoms with van der Waals surface area (Å²) in [5.41, 5.74) is 2.76. The summed E-state index contributed by atoms with van der Waals surface area (Å²) < 4.78 is 33.8. The molecule has 0 saturated carbocycles. The highest BCUT2D eigenvalue weighted by atomic mass is 32.2. The molecule has 3 fully saturated rings. The zero-order chi connectivity index (χ0) is 36.3. The Morgan fingerprint density at radius 2 is 1.57 bits per heavy atom. The fraction of sp³-hybridized carbons (Fsp3) is 0.571. The van der Waals surface area contributed by atoms with E-state index in [9.17, 15) is 27.9 Å². The largest absolute Gasteiger partial charge is 0.509 e. The second-order valence-corrected chi connectivity index (χ2v) is 16.1. The number of piperidine rings is 2. The number of phenolic OH excluding ortho intramolecular Hbond substituents is 1. The van der Waals surface area contributed by atoms with Gasteiger partial charge in [-0.15, -0.1) is 0 Å². The smallest absolute Gasteiger partial charge is 0.410 e. The lowest BCUT2D eigenvalue weighted by atomic mass is 9.91. The van der Waals surface area contributed by atoms with Crippen LogP contribution in [0.1, 0.15) is 36.8 Å². The number of carbonyl (C=O) groups is 3. The van der Waals surface area contributed by atoms with Crippen LogP contribution < -0.4 is 10.8 Å².